The largest absolute Gasteiger partial charge is 0.497 e. The summed E-state index contributed by atoms with van der Waals surface area (Å²) in [5.74, 6) is 1.55. The van der Waals surface area contributed by atoms with Gasteiger partial charge in [0.25, 0.3) is 0 Å². The lowest BCUT2D eigenvalue weighted by Gasteiger charge is -2.51. The van der Waals surface area contributed by atoms with Crippen LogP contribution in [0.5, 0.6) is 5.75 Å². The zero-order valence-corrected chi connectivity index (χ0v) is 17.5. The molecule has 2 atom stereocenters. The minimum absolute atomic E-state index is 0.161. The SMILES string of the molecule is C=CCN1CCC2(c3cccc(OC)c3)Cc3[nH]c4c(C)cccc4c3CC2C1. The first-order valence-corrected chi connectivity index (χ1v) is 10.7. The van der Waals surface area contributed by atoms with Gasteiger partial charge < -0.3 is 9.72 Å². The summed E-state index contributed by atoms with van der Waals surface area (Å²) in [6.07, 6.45) is 5.42. The molecule has 1 aliphatic heterocycles. The van der Waals surface area contributed by atoms with Gasteiger partial charge in [0.15, 0.2) is 0 Å². The maximum absolute atomic E-state index is 5.58. The zero-order valence-electron chi connectivity index (χ0n) is 17.5. The number of aryl methyl sites for hydroxylation is 1. The molecule has 1 aliphatic carbocycles. The van der Waals surface area contributed by atoms with Crippen molar-refractivity contribution in [2.75, 3.05) is 26.7 Å². The molecule has 1 aromatic heterocycles. The summed E-state index contributed by atoms with van der Waals surface area (Å²) in [7, 11) is 1.76. The van der Waals surface area contributed by atoms with Crippen molar-refractivity contribution in [1.29, 1.82) is 0 Å². The van der Waals surface area contributed by atoms with Crippen LogP contribution in [0.2, 0.25) is 0 Å². The first kappa shape index (κ1) is 18.5. The van der Waals surface area contributed by atoms with Crippen LogP contribution in [0, 0.1) is 12.8 Å². The third-order valence-electron chi connectivity index (χ3n) is 7.35. The molecule has 150 valence electrons. The number of fused-ring (bicyclic) bond motifs is 4. The van der Waals surface area contributed by atoms with Crippen molar-refractivity contribution in [3.05, 3.63) is 77.5 Å². The van der Waals surface area contributed by atoms with Gasteiger partial charge >= 0.3 is 0 Å². The minimum atomic E-state index is 0.161. The molecule has 29 heavy (non-hydrogen) atoms. The fraction of sp³-hybridized carbons (Fsp3) is 0.385. The summed E-state index contributed by atoms with van der Waals surface area (Å²) in [6.45, 7) is 9.40. The number of ether oxygens (including phenoxy) is 1. The van der Waals surface area contributed by atoms with E-state index in [4.69, 9.17) is 4.74 Å². The average Bonchev–Trinajstić information content (AvgIpc) is 3.11. The van der Waals surface area contributed by atoms with Crippen LogP contribution >= 0.6 is 0 Å². The number of H-pyrrole nitrogens is 1. The molecule has 0 bridgehead atoms. The highest BCUT2D eigenvalue weighted by molar-refractivity contribution is 5.87. The van der Waals surface area contributed by atoms with E-state index < -0.39 is 0 Å². The van der Waals surface area contributed by atoms with Gasteiger partial charge in [-0.1, -0.05) is 36.4 Å². The number of methoxy groups -OCH3 is 1. The Morgan fingerprint density at radius 1 is 1.28 bits per heavy atom. The number of likely N-dealkylation sites (tertiary alicyclic amines) is 1. The van der Waals surface area contributed by atoms with Crippen molar-refractivity contribution < 1.29 is 4.74 Å². The molecular weight excluding hydrogens is 356 g/mol. The predicted molar refractivity (Wildman–Crippen MR) is 120 cm³/mol. The van der Waals surface area contributed by atoms with Crippen LogP contribution in [0.1, 0.15) is 28.8 Å². The fourth-order valence-corrected chi connectivity index (χ4v) is 5.82. The molecule has 1 N–H and O–H groups in total. The quantitative estimate of drug-likeness (QED) is 0.637. The van der Waals surface area contributed by atoms with Gasteiger partial charge in [0, 0.05) is 35.1 Å². The number of hydrogen-bond donors (Lipinski definition) is 1. The third kappa shape index (κ3) is 2.91. The first-order chi connectivity index (χ1) is 14.1. The number of nitrogens with one attached hydrogen (secondary N) is 1. The molecule has 5 rings (SSSR count). The van der Waals surface area contributed by atoms with Gasteiger partial charge in [0.05, 0.1) is 7.11 Å². The van der Waals surface area contributed by atoms with E-state index >= 15 is 0 Å². The number of benzene rings is 2. The molecule has 1 saturated heterocycles. The van der Waals surface area contributed by atoms with Crippen molar-refractivity contribution in [3.63, 3.8) is 0 Å². The topological polar surface area (TPSA) is 28.3 Å². The van der Waals surface area contributed by atoms with Crippen molar-refractivity contribution in [2.45, 2.75) is 31.6 Å². The van der Waals surface area contributed by atoms with Crippen LogP contribution in [-0.4, -0.2) is 36.6 Å². The van der Waals surface area contributed by atoms with Gasteiger partial charge in [-0.15, -0.1) is 6.58 Å². The van der Waals surface area contributed by atoms with E-state index in [-0.39, 0.29) is 5.41 Å². The number of para-hydroxylation sites is 1. The zero-order chi connectivity index (χ0) is 20.0. The molecular formula is C26H30N2O. The Hall–Kier alpha value is -2.52. The third-order valence-corrected chi connectivity index (χ3v) is 7.35. The van der Waals surface area contributed by atoms with Gasteiger partial charge in [-0.25, -0.2) is 0 Å². The summed E-state index contributed by atoms with van der Waals surface area (Å²) in [4.78, 5) is 6.39. The number of rotatable bonds is 4. The van der Waals surface area contributed by atoms with Gasteiger partial charge in [0.1, 0.15) is 5.75 Å². The number of hydrogen-bond acceptors (Lipinski definition) is 2. The maximum atomic E-state index is 5.58. The lowest BCUT2D eigenvalue weighted by atomic mass is 9.58. The Labute approximate surface area is 173 Å². The molecule has 2 aliphatic rings. The van der Waals surface area contributed by atoms with E-state index in [0.29, 0.717) is 5.92 Å². The summed E-state index contributed by atoms with van der Waals surface area (Å²) >= 11 is 0. The summed E-state index contributed by atoms with van der Waals surface area (Å²) in [5.41, 5.74) is 7.22. The van der Waals surface area contributed by atoms with Crippen LogP contribution in [0.15, 0.2) is 55.1 Å². The molecule has 1 fully saturated rings. The first-order valence-electron chi connectivity index (χ1n) is 10.7. The number of aromatic amines is 1. The van der Waals surface area contributed by atoms with Crippen LogP contribution in [0.25, 0.3) is 10.9 Å². The Morgan fingerprint density at radius 2 is 2.14 bits per heavy atom. The molecule has 2 heterocycles. The van der Waals surface area contributed by atoms with E-state index in [2.05, 4.69) is 65.9 Å². The Kier molecular flexibility index (Phi) is 4.51. The molecule has 3 heteroatoms. The van der Waals surface area contributed by atoms with Crippen molar-refractivity contribution >= 4 is 10.9 Å². The van der Waals surface area contributed by atoms with E-state index in [0.717, 1.165) is 38.2 Å². The summed E-state index contributed by atoms with van der Waals surface area (Å²) in [5, 5.41) is 1.42. The van der Waals surface area contributed by atoms with Crippen molar-refractivity contribution in [2.24, 2.45) is 5.92 Å². The molecule has 0 spiro atoms. The number of piperidine rings is 1. The highest BCUT2D eigenvalue weighted by Gasteiger charge is 2.48. The summed E-state index contributed by atoms with van der Waals surface area (Å²) < 4.78 is 5.58. The van der Waals surface area contributed by atoms with E-state index in [1.54, 1.807) is 7.11 Å². The van der Waals surface area contributed by atoms with E-state index in [1.165, 1.54) is 39.7 Å². The van der Waals surface area contributed by atoms with Crippen molar-refractivity contribution in [3.8, 4) is 5.75 Å². The minimum Gasteiger partial charge on any atom is -0.497 e. The van der Waals surface area contributed by atoms with E-state index in [9.17, 15) is 0 Å². The molecule has 0 saturated carbocycles. The van der Waals surface area contributed by atoms with E-state index in [1.807, 2.05) is 6.08 Å². The monoisotopic (exact) mass is 386 g/mol. The molecule has 2 unspecified atom stereocenters. The van der Waals surface area contributed by atoms with Gasteiger partial charge in [-0.2, -0.15) is 0 Å². The molecule has 0 amide bonds. The number of nitrogens with zero attached hydrogens (tertiary/aromatic N) is 1. The number of aromatic nitrogens is 1. The molecule has 0 radical (unpaired) electrons. The highest BCUT2D eigenvalue weighted by atomic mass is 16.5. The second kappa shape index (κ2) is 7.07. The smallest absolute Gasteiger partial charge is 0.119 e. The van der Waals surface area contributed by atoms with Crippen LogP contribution in [0.3, 0.4) is 0 Å². The van der Waals surface area contributed by atoms with Crippen LogP contribution in [0.4, 0.5) is 0 Å². The maximum Gasteiger partial charge on any atom is 0.119 e. The fourth-order valence-electron chi connectivity index (χ4n) is 5.82. The van der Waals surface area contributed by atoms with Crippen molar-refractivity contribution in [1.82, 2.24) is 9.88 Å². The lowest BCUT2D eigenvalue weighted by molar-refractivity contribution is 0.0896. The van der Waals surface area contributed by atoms with Crippen LogP contribution in [-0.2, 0) is 18.3 Å². The second-order valence-corrected chi connectivity index (χ2v) is 8.84. The predicted octanol–water partition coefficient (Wildman–Crippen LogP) is 5.03. The molecule has 3 nitrogen and oxygen atoms in total. The van der Waals surface area contributed by atoms with Gasteiger partial charge in [0.2, 0.25) is 0 Å². The summed E-state index contributed by atoms with van der Waals surface area (Å²) in [6, 6.07) is 15.5. The molecule has 3 aromatic rings. The van der Waals surface area contributed by atoms with Crippen LogP contribution < -0.4 is 4.74 Å². The Morgan fingerprint density at radius 3 is 2.97 bits per heavy atom. The standard InChI is InChI=1S/C26H30N2O/c1-4-12-28-13-11-26(19-8-6-9-21(14-19)29-3)16-24-23(15-20(26)17-28)22-10-5-7-18(2)25(22)27-24/h4-10,14,20,27H,1,11-13,15-17H2,2-3H3. The average molecular weight is 387 g/mol. The second-order valence-electron chi connectivity index (χ2n) is 8.84. The molecule has 2 aromatic carbocycles. The lowest BCUT2D eigenvalue weighted by Crippen LogP contribution is -2.53. The Bertz CT molecular complexity index is 1070. The normalized spacial score (nSPS) is 24.1. The highest BCUT2D eigenvalue weighted by Crippen LogP contribution is 2.49. The van der Waals surface area contributed by atoms with Gasteiger partial charge in [-0.05, 0) is 67.5 Å². The Balaban J connectivity index is 1.64. The van der Waals surface area contributed by atoms with Gasteiger partial charge in [-0.3, -0.25) is 4.90 Å².